The Morgan fingerprint density at radius 1 is 1.43 bits per heavy atom. The van der Waals surface area contributed by atoms with E-state index < -0.39 is 5.97 Å². The summed E-state index contributed by atoms with van der Waals surface area (Å²) in [6, 6.07) is 9.53. The largest absolute Gasteiger partial charge is 0.478 e. The van der Waals surface area contributed by atoms with Gasteiger partial charge in [0.15, 0.2) is 0 Å². The van der Waals surface area contributed by atoms with Gasteiger partial charge in [-0.25, -0.2) is 4.79 Å². The van der Waals surface area contributed by atoms with Gasteiger partial charge in [0.05, 0.1) is 0 Å². The number of anilines is 1. The monoisotopic (exact) mass is 209 g/mol. The van der Waals surface area contributed by atoms with E-state index in [2.05, 4.69) is 12.8 Å². The lowest BCUT2D eigenvalue weighted by Crippen LogP contribution is -2.09. The molecule has 0 heterocycles. The summed E-state index contributed by atoms with van der Waals surface area (Å²) < 4.78 is 1.67. The van der Waals surface area contributed by atoms with E-state index in [1.165, 1.54) is 0 Å². The van der Waals surface area contributed by atoms with Crippen LogP contribution in [0, 0.1) is 0 Å². The van der Waals surface area contributed by atoms with Crippen molar-refractivity contribution < 1.29 is 9.90 Å². The van der Waals surface area contributed by atoms with E-state index in [1.54, 1.807) is 10.4 Å². The van der Waals surface area contributed by atoms with Gasteiger partial charge in [-0.05, 0) is 12.1 Å². The highest BCUT2D eigenvalue weighted by Crippen LogP contribution is 2.14. The summed E-state index contributed by atoms with van der Waals surface area (Å²) in [5.41, 5.74) is 0.936. The van der Waals surface area contributed by atoms with Crippen molar-refractivity contribution in [2.45, 2.75) is 0 Å². The molecule has 0 saturated heterocycles. The molecule has 0 fully saturated rings. The van der Waals surface area contributed by atoms with E-state index in [0.29, 0.717) is 6.54 Å². The van der Waals surface area contributed by atoms with Gasteiger partial charge in [-0.1, -0.05) is 37.1 Å². The first-order valence-corrected chi connectivity index (χ1v) is 4.51. The number of para-hydroxylation sites is 1. The van der Waals surface area contributed by atoms with Gasteiger partial charge in [-0.2, -0.15) is 0 Å². The fraction of sp³-hybridized carbons (Fsp3) is 0.100. The maximum atomic E-state index is 10.2. The molecule has 4 heteroatoms. The molecule has 0 spiro atoms. The Kier molecular flexibility index (Phi) is 4.07. The molecule has 0 saturated carbocycles. The van der Waals surface area contributed by atoms with Gasteiger partial charge in [0.25, 0.3) is 0 Å². The van der Waals surface area contributed by atoms with Crippen molar-refractivity contribution >= 4 is 24.5 Å². The highest BCUT2D eigenvalue weighted by Gasteiger charge is 1.97. The lowest BCUT2D eigenvalue weighted by Gasteiger charge is -2.14. The Balaban J connectivity index is 2.51. The van der Waals surface area contributed by atoms with Gasteiger partial charge in [0.1, 0.15) is 0 Å². The standard InChI is InChI=1S/C10H11NO2S/c12-10(13)7-4-8-11(14)9-5-2-1-3-6-9/h1-7,14H,8H2,(H,12,13). The predicted octanol–water partition coefficient (Wildman–Crippen LogP) is 1.98. The molecule has 0 aromatic heterocycles. The summed E-state index contributed by atoms with van der Waals surface area (Å²) >= 11 is 4.21. The highest BCUT2D eigenvalue weighted by atomic mass is 32.1. The Morgan fingerprint density at radius 3 is 2.64 bits per heavy atom. The summed E-state index contributed by atoms with van der Waals surface area (Å²) in [5, 5.41) is 8.37. The molecule has 3 nitrogen and oxygen atoms in total. The van der Waals surface area contributed by atoms with E-state index in [1.807, 2.05) is 30.3 Å². The molecule has 1 N–H and O–H groups in total. The van der Waals surface area contributed by atoms with Crippen molar-refractivity contribution in [1.29, 1.82) is 0 Å². The fourth-order valence-electron chi connectivity index (χ4n) is 0.959. The molecule has 0 aliphatic heterocycles. The quantitative estimate of drug-likeness (QED) is 0.588. The Labute approximate surface area is 88.2 Å². The van der Waals surface area contributed by atoms with Crippen molar-refractivity contribution in [3.05, 3.63) is 42.5 Å². The molecule has 1 rings (SSSR count). The van der Waals surface area contributed by atoms with Crippen LogP contribution in [0.1, 0.15) is 0 Å². The van der Waals surface area contributed by atoms with Gasteiger partial charge >= 0.3 is 5.97 Å². The van der Waals surface area contributed by atoms with Crippen LogP contribution in [0.2, 0.25) is 0 Å². The van der Waals surface area contributed by atoms with Gasteiger partial charge in [0, 0.05) is 18.3 Å². The second-order valence-electron chi connectivity index (χ2n) is 2.66. The number of benzene rings is 1. The third-order valence-electron chi connectivity index (χ3n) is 1.59. The Bertz CT molecular complexity index is 324. The average molecular weight is 209 g/mol. The smallest absolute Gasteiger partial charge is 0.328 e. The van der Waals surface area contributed by atoms with Crippen molar-refractivity contribution in [2.24, 2.45) is 0 Å². The molecule has 0 unspecified atom stereocenters. The van der Waals surface area contributed by atoms with Crippen LogP contribution in [0.5, 0.6) is 0 Å². The zero-order chi connectivity index (χ0) is 10.4. The molecule has 0 aliphatic carbocycles. The first kappa shape index (κ1) is 10.7. The van der Waals surface area contributed by atoms with Crippen molar-refractivity contribution in [3.63, 3.8) is 0 Å². The molecular weight excluding hydrogens is 198 g/mol. The van der Waals surface area contributed by atoms with Crippen molar-refractivity contribution in [2.75, 3.05) is 10.8 Å². The second kappa shape index (κ2) is 5.34. The van der Waals surface area contributed by atoms with Gasteiger partial charge in [0.2, 0.25) is 0 Å². The van der Waals surface area contributed by atoms with E-state index in [9.17, 15) is 4.79 Å². The zero-order valence-corrected chi connectivity index (χ0v) is 8.39. The molecule has 0 atom stereocenters. The van der Waals surface area contributed by atoms with Crippen LogP contribution < -0.4 is 4.31 Å². The van der Waals surface area contributed by atoms with Gasteiger partial charge < -0.3 is 9.41 Å². The van der Waals surface area contributed by atoms with Crippen LogP contribution in [-0.4, -0.2) is 17.6 Å². The summed E-state index contributed by atoms with van der Waals surface area (Å²) in [5.74, 6) is -0.945. The number of carbonyl (C=O) groups is 1. The zero-order valence-electron chi connectivity index (χ0n) is 7.50. The summed E-state index contributed by atoms with van der Waals surface area (Å²) in [4.78, 5) is 10.2. The molecule has 0 radical (unpaired) electrons. The molecular formula is C10H11NO2S. The number of hydrogen-bond donors (Lipinski definition) is 2. The molecule has 0 amide bonds. The number of nitrogens with zero attached hydrogens (tertiary/aromatic N) is 1. The second-order valence-corrected chi connectivity index (χ2v) is 3.14. The predicted molar refractivity (Wildman–Crippen MR) is 59.5 cm³/mol. The average Bonchev–Trinajstić information content (AvgIpc) is 2.18. The number of carboxylic acids is 1. The summed E-state index contributed by atoms with van der Waals surface area (Å²) in [6.07, 6.45) is 2.65. The van der Waals surface area contributed by atoms with Crippen LogP contribution in [0.4, 0.5) is 5.69 Å². The highest BCUT2D eigenvalue weighted by molar-refractivity contribution is 7.81. The molecule has 0 aliphatic rings. The lowest BCUT2D eigenvalue weighted by atomic mass is 10.3. The maximum Gasteiger partial charge on any atom is 0.328 e. The Morgan fingerprint density at radius 2 is 2.07 bits per heavy atom. The van der Waals surface area contributed by atoms with Crippen LogP contribution in [0.15, 0.2) is 42.5 Å². The van der Waals surface area contributed by atoms with Gasteiger partial charge in [-0.15, -0.1) is 0 Å². The third kappa shape index (κ3) is 3.53. The normalized spacial score (nSPS) is 10.4. The van der Waals surface area contributed by atoms with Crippen LogP contribution >= 0.6 is 12.8 Å². The number of hydrogen-bond acceptors (Lipinski definition) is 3. The third-order valence-corrected chi connectivity index (χ3v) is 1.99. The maximum absolute atomic E-state index is 10.2. The van der Waals surface area contributed by atoms with Crippen molar-refractivity contribution in [1.82, 2.24) is 0 Å². The topological polar surface area (TPSA) is 40.5 Å². The van der Waals surface area contributed by atoms with E-state index >= 15 is 0 Å². The lowest BCUT2D eigenvalue weighted by molar-refractivity contribution is -0.131. The summed E-state index contributed by atoms with van der Waals surface area (Å²) in [7, 11) is 0. The number of carboxylic acid groups (broad SMARTS) is 1. The van der Waals surface area contributed by atoms with E-state index in [0.717, 1.165) is 11.8 Å². The summed E-state index contributed by atoms with van der Waals surface area (Å²) in [6.45, 7) is 0.458. The SMILES string of the molecule is O=C(O)C=CCN(S)c1ccccc1. The minimum atomic E-state index is -0.945. The molecule has 1 aromatic rings. The van der Waals surface area contributed by atoms with Gasteiger partial charge in [-0.3, -0.25) is 0 Å². The first-order chi connectivity index (χ1) is 6.70. The molecule has 74 valence electrons. The van der Waals surface area contributed by atoms with Crippen LogP contribution in [0.25, 0.3) is 0 Å². The van der Waals surface area contributed by atoms with E-state index in [4.69, 9.17) is 5.11 Å². The minimum Gasteiger partial charge on any atom is -0.478 e. The van der Waals surface area contributed by atoms with E-state index in [-0.39, 0.29) is 0 Å². The fourth-order valence-corrected chi connectivity index (χ4v) is 1.19. The Hall–Kier alpha value is -1.42. The molecule has 0 bridgehead atoms. The van der Waals surface area contributed by atoms with Crippen LogP contribution in [-0.2, 0) is 4.79 Å². The first-order valence-electron chi connectivity index (χ1n) is 4.11. The number of aliphatic carboxylic acids is 1. The molecule has 1 aromatic carbocycles. The molecule has 14 heavy (non-hydrogen) atoms. The number of rotatable bonds is 4. The van der Waals surface area contributed by atoms with Crippen LogP contribution in [0.3, 0.4) is 0 Å². The number of thiol groups is 1. The minimum absolute atomic E-state index is 0.458. The van der Waals surface area contributed by atoms with Crippen molar-refractivity contribution in [3.8, 4) is 0 Å².